The molecule has 0 aromatic carbocycles. The van der Waals surface area contributed by atoms with Gasteiger partial charge in [-0.2, -0.15) is 4.98 Å². The fourth-order valence-electron chi connectivity index (χ4n) is 1.44. The van der Waals surface area contributed by atoms with Gasteiger partial charge in [-0.3, -0.25) is 9.78 Å². The predicted octanol–water partition coefficient (Wildman–Crippen LogP) is 1.17. The van der Waals surface area contributed by atoms with Crippen LogP contribution in [0, 0.1) is 0 Å². The Hall–Kier alpha value is -3.16. The van der Waals surface area contributed by atoms with E-state index in [1.54, 1.807) is 24.4 Å². The molecule has 8 nitrogen and oxygen atoms in total. The summed E-state index contributed by atoms with van der Waals surface area (Å²) in [6.07, 6.45) is 6.07. The van der Waals surface area contributed by atoms with Crippen molar-refractivity contribution in [3.8, 4) is 11.5 Å². The van der Waals surface area contributed by atoms with E-state index in [0.29, 0.717) is 11.5 Å². The Morgan fingerprint density at radius 1 is 1.15 bits per heavy atom. The number of nitrogens with zero attached hydrogens (tertiary/aromatic N) is 5. The highest BCUT2D eigenvalue weighted by Crippen LogP contribution is 2.11. The van der Waals surface area contributed by atoms with Gasteiger partial charge < -0.3 is 9.84 Å². The molecule has 3 aromatic heterocycles. The number of amides is 1. The Kier molecular flexibility index (Phi) is 3.11. The summed E-state index contributed by atoms with van der Waals surface area (Å²) in [7, 11) is 0. The number of hydrogen-bond donors (Lipinski definition) is 1. The van der Waals surface area contributed by atoms with Crippen LogP contribution in [0.5, 0.6) is 0 Å². The molecule has 0 unspecified atom stereocenters. The molecule has 3 aromatic rings. The molecule has 0 saturated heterocycles. The standard InChI is InChI=1S/C12H8N6O2/c19-11(16-9-3-1-2-4-15-9)12-17-10(18-20-12)8-7-13-5-6-14-8/h1-7H,(H,15,16,19). The van der Waals surface area contributed by atoms with Gasteiger partial charge in [0.1, 0.15) is 11.5 Å². The molecule has 8 heteroatoms. The largest absolute Gasteiger partial charge is 0.328 e. The van der Waals surface area contributed by atoms with Crippen LogP contribution in [0.15, 0.2) is 47.5 Å². The highest BCUT2D eigenvalue weighted by Gasteiger charge is 2.17. The monoisotopic (exact) mass is 268 g/mol. The van der Waals surface area contributed by atoms with Gasteiger partial charge in [-0.25, -0.2) is 9.97 Å². The smallest absolute Gasteiger partial charge is 0.316 e. The van der Waals surface area contributed by atoms with E-state index in [1.807, 2.05) is 0 Å². The number of rotatable bonds is 3. The van der Waals surface area contributed by atoms with Crippen LogP contribution in [-0.4, -0.2) is 31.0 Å². The maximum Gasteiger partial charge on any atom is 0.316 e. The van der Waals surface area contributed by atoms with Gasteiger partial charge in [0, 0.05) is 18.6 Å². The molecule has 0 aliphatic rings. The third-order valence-electron chi connectivity index (χ3n) is 2.32. The minimum absolute atomic E-state index is 0.170. The second-order valence-electron chi connectivity index (χ2n) is 3.68. The average molecular weight is 268 g/mol. The molecule has 0 aliphatic heterocycles. The maximum atomic E-state index is 11.9. The number of carbonyl (C=O) groups is 1. The van der Waals surface area contributed by atoms with Gasteiger partial charge in [0.2, 0.25) is 5.82 Å². The summed E-state index contributed by atoms with van der Waals surface area (Å²) in [5.41, 5.74) is 0.424. The van der Waals surface area contributed by atoms with Gasteiger partial charge >= 0.3 is 11.8 Å². The summed E-state index contributed by atoms with van der Waals surface area (Å²) in [5.74, 6) is -0.108. The van der Waals surface area contributed by atoms with E-state index in [-0.39, 0.29) is 11.7 Å². The molecule has 0 radical (unpaired) electrons. The summed E-state index contributed by atoms with van der Waals surface area (Å²) < 4.78 is 4.88. The topological polar surface area (TPSA) is 107 Å². The minimum Gasteiger partial charge on any atom is -0.328 e. The van der Waals surface area contributed by atoms with E-state index in [1.165, 1.54) is 18.6 Å². The van der Waals surface area contributed by atoms with Gasteiger partial charge in [0.25, 0.3) is 0 Å². The Labute approximate surface area is 112 Å². The van der Waals surface area contributed by atoms with Crippen molar-refractivity contribution in [3.05, 3.63) is 48.9 Å². The molecule has 98 valence electrons. The number of pyridine rings is 1. The number of aromatic nitrogens is 5. The lowest BCUT2D eigenvalue weighted by Gasteiger charge is -1.98. The summed E-state index contributed by atoms with van der Waals surface area (Å²) in [6.45, 7) is 0. The molecule has 0 aliphatic carbocycles. The van der Waals surface area contributed by atoms with Crippen LogP contribution in [-0.2, 0) is 0 Å². The van der Waals surface area contributed by atoms with Crippen LogP contribution in [0.3, 0.4) is 0 Å². The molecule has 0 fully saturated rings. The van der Waals surface area contributed by atoms with E-state index < -0.39 is 5.91 Å². The number of anilines is 1. The lowest BCUT2D eigenvalue weighted by Crippen LogP contribution is -2.13. The van der Waals surface area contributed by atoms with Gasteiger partial charge in [-0.15, -0.1) is 0 Å². The lowest BCUT2D eigenvalue weighted by molar-refractivity contribution is 0.0981. The van der Waals surface area contributed by atoms with Crippen LogP contribution in [0.4, 0.5) is 5.82 Å². The van der Waals surface area contributed by atoms with Gasteiger partial charge in [-0.05, 0) is 12.1 Å². The third-order valence-corrected chi connectivity index (χ3v) is 2.32. The van der Waals surface area contributed by atoms with Crippen molar-refractivity contribution in [3.63, 3.8) is 0 Å². The van der Waals surface area contributed by atoms with E-state index in [4.69, 9.17) is 4.52 Å². The molecule has 0 bridgehead atoms. The van der Waals surface area contributed by atoms with Crippen molar-refractivity contribution in [2.75, 3.05) is 5.32 Å². The summed E-state index contributed by atoms with van der Waals surface area (Å²) >= 11 is 0. The molecule has 3 heterocycles. The molecule has 0 spiro atoms. The first-order valence-corrected chi connectivity index (χ1v) is 5.65. The molecular formula is C12H8N6O2. The molecule has 1 amide bonds. The van der Waals surface area contributed by atoms with Crippen molar-refractivity contribution >= 4 is 11.7 Å². The second kappa shape index (κ2) is 5.22. The fraction of sp³-hybridized carbons (Fsp3) is 0. The zero-order chi connectivity index (χ0) is 13.8. The maximum absolute atomic E-state index is 11.9. The summed E-state index contributed by atoms with van der Waals surface area (Å²) in [4.78, 5) is 27.7. The van der Waals surface area contributed by atoms with Crippen LogP contribution in [0.1, 0.15) is 10.7 Å². The first-order chi connectivity index (χ1) is 9.83. The van der Waals surface area contributed by atoms with Gasteiger partial charge in [0.05, 0.1) is 6.20 Å². The minimum atomic E-state index is -0.536. The summed E-state index contributed by atoms with van der Waals surface area (Å²) in [6, 6.07) is 5.15. The van der Waals surface area contributed by atoms with E-state index in [2.05, 4.69) is 30.4 Å². The highest BCUT2D eigenvalue weighted by molar-refractivity contribution is 6.00. The Morgan fingerprint density at radius 2 is 2.10 bits per heavy atom. The highest BCUT2D eigenvalue weighted by atomic mass is 16.5. The molecule has 3 rings (SSSR count). The third kappa shape index (κ3) is 2.48. The van der Waals surface area contributed by atoms with E-state index in [9.17, 15) is 4.79 Å². The number of hydrogen-bond acceptors (Lipinski definition) is 7. The van der Waals surface area contributed by atoms with Gasteiger partial charge in [-0.1, -0.05) is 11.2 Å². The Morgan fingerprint density at radius 3 is 2.85 bits per heavy atom. The molecule has 1 N–H and O–H groups in total. The average Bonchev–Trinajstić information content (AvgIpc) is 2.99. The lowest BCUT2D eigenvalue weighted by atomic mass is 10.4. The second-order valence-corrected chi connectivity index (χ2v) is 3.68. The van der Waals surface area contributed by atoms with Crippen molar-refractivity contribution < 1.29 is 9.32 Å². The van der Waals surface area contributed by atoms with Crippen molar-refractivity contribution in [2.24, 2.45) is 0 Å². The van der Waals surface area contributed by atoms with E-state index in [0.717, 1.165) is 0 Å². The first-order valence-electron chi connectivity index (χ1n) is 5.65. The van der Waals surface area contributed by atoms with E-state index >= 15 is 0 Å². The molecule has 0 atom stereocenters. The molecule has 0 saturated carbocycles. The normalized spacial score (nSPS) is 10.2. The summed E-state index contributed by atoms with van der Waals surface area (Å²) in [5, 5.41) is 6.22. The molecular weight excluding hydrogens is 260 g/mol. The van der Waals surface area contributed by atoms with Crippen molar-refractivity contribution in [2.45, 2.75) is 0 Å². The first kappa shape index (κ1) is 11.9. The van der Waals surface area contributed by atoms with Gasteiger partial charge in [0.15, 0.2) is 0 Å². The Balaban J connectivity index is 1.79. The Bertz CT molecular complexity index is 713. The SMILES string of the molecule is O=C(Nc1ccccn1)c1nc(-c2cnccn2)no1. The van der Waals surface area contributed by atoms with Crippen LogP contribution in [0.2, 0.25) is 0 Å². The van der Waals surface area contributed by atoms with Crippen LogP contribution < -0.4 is 5.32 Å². The predicted molar refractivity (Wildman–Crippen MR) is 67.5 cm³/mol. The van der Waals surface area contributed by atoms with Crippen LogP contribution in [0.25, 0.3) is 11.5 Å². The zero-order valence-corrected chi connectivity index (χ0v) is 10.1. The number of nitrogens with one attached hydrogen (secondary N) is 1. The van der Waals surface area contributed by atoms with Crippen LogP contribution >= 0.6 is 0 Å². The fourth-order valence-corrected chi connectivity index (χ4v) is 1.44. The number of carbonyl (C=O) groups excluding carboxylic acids is 1. The zero-order valence-electron chi connectivity index (χ0n) is 10.1. The molecule has 20 heavy (non-hydrogen) atoms. The van der Waals surface area contributed by atoms with Crippen molar-refractivity contribution in [1.29, 1.82) is 0 Å². The quantitative estimate of drug-likeness (QED) is 0.759. The van der Waals surface area contributed by atoms with Crippen molar-refractivity contribution in [1.82, 2.24) is 25.1 Å².